The molecule has 0 spiro atoms. The van der Waals surface area contributed by atoms with Crippen LogP contribution in [-0.4, -0.2) is 12.1 Å². The Morgan fingerprint density at radius 1 is 1.54 bits per heavy atom. The van der Waals surface area contributed by atoms with Crippen molar-refractivity contribution in [2.45, 2.75) is 6.61 Å². The van der Waals surface area contributed by atoms with E-state index in [1.165, 1.54) is 8.27 Å². The lowest BCUT2D eigenvalue weighted by molar-refractivity contribution is 0.184. The van der Waals surface area contributed by atoms with Crippen LogP contribution in [0, 0.1) is 3.57 Å². The molecule has 0 saturated carbocycles. The van der Waals surface area contributed by atoms with Crippen molar-refractivity contribution in [2.75, 3.05) is 7.11 Å². The van der Waals surface area contributed by atoms with Gasteiger partial charge in [0.15, 0.2) is 0 Å². The predicted molar refractivity (Wildman–Crippen MR) is 63.1 cm³/mol. The maximum absolute atomic E-state index is 5.03. The number of ether oxygens (including phenoxy) is 1. The molecule has 0 bridgehead atoms. The van der Waals surface area contributed by atoms with Gasteiger partial charge in [0.2, 0.25) is 0 Å². The lowest BCUT2D eigenvalue weighted by atomic mass is 10.3. The summed E-state index contributed by atoms with van der Waals surface area (Å²) in [5.41, 5.74) is 1.07. The van der Waals surface area contributed by atoms with Crippen LogP contribution in [0.2, 0.25) is 0 Å². The molecule has 2 aromatic rings. The first-order valence-electron chi connectivity index (χ1n) is 3.83. The Hall–Kier alpha value is -0.200. The summed E-state index contributed by atoms with van der Waals surface area (Å²) in [6, 6.07) is 6.29. The zero-order valence-electron chi connectivity index (χ0n) is 7.08. The second-order valence-electron chi connectivity index (χ2n) is 2.65. The van der Waals surface area contributed by atoms with E-state index in [1.807, 2.05) is 0 Å². The third kappa shape index (κ3) is 2.00. The second kappa shape index (κ2) is 3.89. The number of hydrogen-bond acceptors (Lipinski definition) is 3. The van der Waals surface area contributed by atoms with E-state index in [-0.39, 0.29) is 0 Å². The molecule has 0 aliphatic heterocycles. The van der Waals surface area contributed by atoms with Crippen LogP contribution in [0.5, 0.6) is 0 Å². The standard InChI is InChI=1S/C9H8INOS/c1-12-5-9-11-7-4-6(10)2-3-8(7)13-9/h2-4H,5H2,1H3. The summed E-state index contributed by atoms with van der Waals surface area (Å²) in [7, 11) is 1.69. The molecule has 0 atom stereocenters. The van der Waals surface area contributed by atoms with Gasteiger partial charge in [0, 0.05) is 10.7 Å². The number of thiazole rings is 1. The van der Waals surface area contributed by atoms with E-state index < -0.39 is 0 Å². The second-order valence-corrected chi connectivity index (χ2v) is 5.01. The quantitative estimate of drug-likeness (QED) is 0.796. The summed E-state index contributed by atoms with van der Waals surface area (Å²) in [4.78, 5) is 4.45. The van der Waals surface area contributed by atoms with Crippen LogP contribution < -0.4 is 0 Å². The molecule has 0 saturated heterocycles. The lowest BCUT2D eigenvalue weighted by Crippen LogP contribution is -1.83. The van der Waals surface area contributed by atoms with E-state index in [0.717, 1.165) is 10.5 Å². The number of methoxy groups -OCH3 is 1. The molecular formula is C9H8INOS. The highest BCUT2D eigenvalue weighted by molar-refractivity contribution is 14.1. The summed E-state index contributed by atoms with van der Waals surface area (Å²) in [6.07, 6.45) is 0. The highest BCUT2D eigenvalue weighted by Crippen LogP contribution is 2.23. The molecule has 0 aliphatic carbocycles. The van der Waals surface area contributed by atoms with Gasteiger partial charge < -0.3 is 4.74 Å². The smallest absolute Gasteiger partial charge is 0.120 e. The molecule has 0 unspecified atom stereocenters. The molecule has 0 aliphatic rings. The molecule has 4 heteroatoms. The highest BCUT2D eigenvalue weighted by Gasteiger charge is 2.02. The fourth-order valence-corrected chi connectivity index (χ4v) is 2.53. The lowest BCUT2D eigenvalue weighted by Gasteiger charge is -1.88. The molecule has 13 heavy (non-hydrogen) atoms. The first kappa shape index (κ1) is 9.36. The Morgan fingerprint density at radius 2 is 2.38 bits per heavy atom. The SMILES string of the molecule is COCc1nc2cc(I)ccc2s1. The fourth-order valence-electron chi connectivity index (χ4n) is 1.13. The molecule has 0 radical (unpaired) electrons. The predicted octanol–water partition coefficient (Wildman–Crippen LogP) is 3.05. The van der Waals surface area contributed by atoms with Gasteiger partial charge >= 0.3 is 0 Å². The Kier molecular flexibility index (Phi) is 2.80. The number of rotatable bonds is 2. The normalized spacial score (nSPS) is 10.9. The van der Waals surface area contributed by atoms with E-state index in [9.17, 15) is 0 Å². The van der Waals surface area contributed by atoms with Crippen molar-refractivity contribution < 1.29 is 4.74 Å². The van der Waals surface area contributed by atoms with Gasteiger partial charge in [-0.2, -0.15) is 0 Å². The van der Waals surface area contributed by atoms with Gasteiger partial charge in [-0.25, -0.2) is 4.98 Å². The van der Waals surface area contributed by atoms with Gasteiger partial charge in [-0.3, -0.25) is 0 Å². The van der Waals surface area contributed by atoms with Crippen molar-refractivity contribution in [3.05, 3.63) is 26.8 Å². The molecule has 2 nitrogen and oxygen atoms in total. The molecular weight excluding hydrogens is 297 g/mol. The Morgan fingerprint density at radius 3 is 3.15 bits per heavy atom. The summed E-state index contributed by atoms with van der Waals surface area (Å²) in [5.74, 6) is 0. The largest absolute Gasteiger partial charge is 0.378 e. The maximum Gasteiger partial charge on any atom is 0.120 e. The van der Waals surface area contributed by atoms with Crippen molar-refractivity contribution in [1.82, 2.24) is 4.98 Å². The van der Waals surface area contributed by atoms with Crippen molar-refractivity contribution in [1.29, 1.82) is 0 Å². The average Bonchev–Trinajstić information content (AvgIpc) is 2.46. The van der Waals surface area contributed by atoms with E-state index in [0.29, 0.717) is 6.61 Å². The van der Waals surface area contributed by atoms with Crippen molar-refractivity contribution in [3.63, 3.8) is 0 Å². The van der Waals surface area contributed by atoms with E-state index in [4.69, 9.17) is 4.74 Å². The molecule has 68 valence electrons. The molecule has 0 amide bonds. The summed E-state index contributed by atoms with van der Waals surface area (Å²) in [5, 5.41) is 1.04. The van der Waals surface area contributed by atoms with E-state index in [2.05, 4.69) is 45.8 Å². The van der Waals surface area contributed by atoms with Crippen LogP contribution in [0.1, 0.15) is 5.01 Å². The third-order valence-corrected chi connectivity index (χ3v) is 3.34. The van der Waals surface area contributed by atoms with Crippen LogP contribution in [-0.2, 0) is 11.3 Å². The number of benzene rings is 1. The van der Waals surface area contributed by atoms with Gasteiger partial charge in [0.1, 0.15) is 5.01 Å². The van der Waals surface area contributed by atoms with Gasteiger partial charge in [0.05, 0.1) is 16.8 Å². The van der Waals surface area contributed by atoms with Crippen LogP contribution in [0.3, 0.4) is 0 Å². The Balaban J connectivity index is 2.49. The number of fused-ring (bicyclic) bond motifs is 1. The van der Waals surface area contributed by atoms with Gasteiger partial charge in [-0.15, -0.1) is 11.3 Å². The third-order valence-electron chi connectivity index (χ3n) is 1.66. The van der Waals surface area contributed by atoms with Crippen molar-refractivity contribution in [3.8, 4) is 0 Å². The van der Waals surface area contributed by atoms with Gasteiger partial charge in [-0.05, 0) is 40.8 Å². The summed E-state index contributed by atoms with van der Waals surface area (Å²) < 4.78 is 7.48. The topological polar surface area (TPSA) is 22.1 Å². The Bertz CT molecular complexity index is 426. The molecule has 0 fully saturated rings. The van der Waals surface area contributed by atoms with Crippen LogP contribution in [0.25, 0.3) is 10.2 Å². The maximum atomic E-state index is 5.03. The van der Waals surface area contributed by atoms with Crippen molar-refractivity contribution >= 4 is 44.1 Å². The molecule has 0 N–H and O–H groups in total. The van der Waals surface area contributed by atoms with Crippen LogP contribution in [0.15, 0.2) is 18.2 Å². The average molecular weight is 305 g/mol. The molecule has 1 heterocycles. The first-order valence-corrected chi connectivity index (χ1v) is 5.73. The summed E-state index contributed by atoms with van der Waals surface area (Å²) in [6.45, 7) is 0.607. The molecule has 1 aromatic heterocycles. The minimum atomic E-state index is 0.607. The van der Waals surface area contributed by atoms with Gasteiger partial charge in [0.25, 0.3) is 0 Å². The number of aromatic nitrogens is 1. The van der Waals surface area contributed by atoms with Crippen LogP contribution >= 0.6 is 33.9 Å². The highest BCUT2D eigenvalue weighted by atomic mass is 127. The number of nitrogens with zero attached hydrogens (tertiary/aromatic N) is 1. The van der Waals surface area contributed by atoms with Crippen molar-refractivity contribution in [2.24, 2.45) is 0 Å². The molecule has 1 aromatic carbocycles. The minimum absolute atomic E-state index is 0.607. The minimum Gasteiger partial charge on any atom is -0.378 e. The van der Waals surface area contributed by atoms with E-state index in [1.54, 1.807) is 18.4 Å². The monoisotopic (exact) mass is 305 g/mol. The zero-order valence-corrected chi connectivity index (χ0v) is 10.1. The molecule has 2 rings (SSSR count). The van der Waals surface area contributed by atoms with Crippen LogP contribution in [0.4, 0.5) is 0 Å². The fraction of sp³-hybridized carbons (Fsp3) is 0.222. The first-order chi connectivity index (χ1) is 6.29. The number of hydrogen-bond donors (Lipinski definition) is 0. The van der Waals surface area contributed by atoms with E-state index >= 15 is 0 Å². The Labute approximate surface area is 94.1 Å². The van der Waals surface area contributed by atoms with Gasteiger partial charge in [-0.1, -0.05) is 0 Å². The summed E-state index contributed by atoms with van der Waals surface area (Å²) >= 11 is 3.98. The zero-order chi connectivity index (χ0) is 9.26. The number of halogens is 1.